The fourth-order valence-electron chi connectivity index (χ4n) is 2.39. The van der Waals surface area contributed by atoms with E-state index in [1.807, 2.05) is 6.92 Å². The lowest BCUT2D eigenvalue weighted by atomic mass is 10.3. The van der Waals surface area contributed by atoms with Crippen molar-refractivity contribution < 1.29 is 4.52 Å². The van der Waals surface area contributed by atoms with Crippen LogP contribution in [-0.4, -0.2) is 29.9 Å². The lowest BCUT2D eigenvalue weighted by molar-refractivity contribution is 0.431. The standard InChI is InChI=1S/C17H13ClN6O2S/c1-2-14-20-8-12(27-14)9-24-15(25)4-3-13(22-24)16-21-17(26-23-16)10-5-11(18)7-19-6-10/h3-8H,2,9H2,1H3. The van der Waals surface area contributed by atoms with E-state index in [0.717, 1.165) is 16.3 Å². The molecule has 4 aromatic rings. The molecule has 0 radical (unpaired) electrons. The topological polar surface area (TPSA) is 99.6 Å². The highest BCUT2D eigenvalue weighted by Crippen LogP contribution is 2.22. The largest absolute Gasteiger partial charge is 0.333 e. The van der Waals surface area contributed by atoms with Crippen molar-refractivity contribution in [1.29, 1.82) is 0 Å². The molecular formula is C17H13ClN6O2S. The third-order valence-corrected chi connectivity index (χ3v) is 5.02. The van der Waals surface area contributed by atoms with Crippen molar-refractivity contribution in [3.63, 3.8) is 0 Å². The van der Waals surface area contributed by atoms with Crippen molar-refractivity contribution in [3.8, 4) is 23.0 Å². The van der Waals surface area contributed by atoms with Crippen LogP contribution in [0.3, 0.4) is 0 Å². The van der Waals surface area contributed by atoms with E-state index in [1.165, 1.54) is 16.9 Å². The summed E-state index contributed by atoms with van der Waals surface area (Å²) in [5.41, 5.74) is 0.819. The number of pyridine rings is 1. The zero-order chi connectivity index (χ0) is 18.8. The van der Waals surface area contributed by atoms with Gasteiger partial charge in [-0.3, -0.25) is 9.78 Å². The minimum Gasteiger partial charge on any atom is -0.333 e. The molecule has 0 amide bonds. The Morgan fingerprint density at radius 1 is 1.26 bits per heavy atom. The number of hydrogen-bond acceptors (Lipinski definition) is 8. The van der Waals surface area contributed by atoms with Crippen LogP contribution >= 0.6 is 22.9 Å². The fourth-order valence-corrected chi connectivity index (χ4v) is 3.41. The molecule has 136 valence electrons. The molecule has 0 bridgehead atoms. The van der Waals surface area contributed by atoms with Crippen LogP contribution < -0.4 is 5.56 Å². The molecule has 0 atom stereocenters. The third-order valence-electron chi connectivity index (χ3n) is 3.68. The number of halogens is 1. The van der Waals surface area contributed by atoms with E-state index in [-0.39, 0.29) is 17.3 Å². The summed E-state index contributed by atoms with van der Waals surface area (Å²) < 4.78 is 6.63. The Balaban J connectivity index is 1.64. The van der Waals surface area contributed by atoms with Crippen molar-refractivity contribution >= 4 is 22.9 Å². The van der Waals surface area contributed by atoms with E-state index in [4.69, 9.17) is 16.1 Å². The van der Waals surface area contributed by atoms with Gasteiger partial charge in [0.15, 0.2) is 0 Å². The van der Waals surface area contributed by atoms with Gasteiger partial charge in [0.05, 0.1) is 22.1 Å². The summed E-state index contributed by atoms with van der Waals surface area (Å²) in [6.07, 6.45) is 5.72. The summed E-state index contributed by atoms with van der Waals surface area (Å²) in [5.74, 6) is 0.548. The summed E-state index contributed by atoms with van der Waals surface area (Å²) in [7, 11) is 0. The van der Waals surface area contributed by atoms with E-state index in [0.29, 0.717) is 22.8 Å². The van der Waals surface area contributed by atoms with E-state index in [1.54, 1.807) is 35.9 Å². The van der Waals surface area contributed by atoms with Crippen LogP contribution in [0.4, 0.5) is 0 Å². The van der Waals surface area contributed by atoms with Gasteiger partial charge in [0.2, 0.25) is 5.82 Å². The van der Waals surface area contributed by atoms with E-state index >= 15 is 0 Å². The van der Waals surface area contributed by atoms with Crippen molar-refractivity contribution in [3.05, 3.63) is 62.1 Å². The Bertz CT molecular complexity index is 1150. The fraction of sp³-hybridized carbons (Fsp3) is 0.176. The molecule has 0 aromatic carbocycles. The van der Waals surface area contributed by atoms with Crippen molar-refractivity contribution in [1.82, 2.24) is 29.9 Å². The SMILES string of the molecule is CCc1ncc(Cn2nc(-c3noc(-c4cncc(Cl)c4)n3)ccc2=O)s1. The normalized spacial score (nSPS) is 11.0. The van der Waals surface area contributed by atoms with Crippen LogP contribution in [-0.2, 0) is 13.0 Å². The van der Waals surface area contributed by atoms with Gasteiger partial charge in [-0.15, -0.1) is 11.3 Å². The Labute approximate surface area is 162 Å². The first-order chi connectivity index (χ1) is 13.1. The molecule has 0 aliphatic carbocycles. The summed E-state index contributed by atoms with van der Waals surface area (Å²) >= 11 is 7.50. The van der Waals surface area contributed by atoms with Gasteiger partial charge in [0.1, 0.15) is 5.69 Å². The van der Waals surface area contributed by atoms with Gasteiger partial charge >= 0.3 is 0 Å². The molecule has 27 heavy (non-hydrogen) atoms. The average Bonchev–Trinajstić information content (AvgIpc) is 3.33. The minimum absolute atomic E-state index is 0.215. The summed E-state index contributed by atoms with van der Waals surface area (Å²) in [6, 6.07) is 4.67. The molecule has 4 rings (SSSR count). The third kappa shape index (κ3) is 3.79. The maximum absolute atomic E-state index is 12.1. The van der Waals surface area contributed by atoms with Gasteiger partial charge in [0.25, 0.3) is 11.4 Å². The highest BCUT2D eigenvalue weighted by molar-refractivity contribution is 7.11. The number of thiazole rings is 1. The van der Waals surface area contributed by atoms with E-state index in [2.05, 4.69) is 25.2 Å². The monoisotopic (exact) mass is 400 g/mol. The summed E-state index contributed by atoms with van der Waals surface area (Å²) in [5, 5.41) is 9.78. The van der Waals surface area contributed by atoms with Crippen molar-refractivity contribution in [2.45, 2.75) is 19.9 Å². The summed E-state index contributed by atoms with van der Waals surface area (Å²) in [4.78, 5) is 25.7. The minimum atomic E-state index is -0.215. The molecular weight excluding hydrogens is 388 g/mol. The second-order valence-corrected chi connectivity index (χ2v) is 7.24. The first-order valence-corrected chi connectivity index (χ1v) is 9.28. The van der Waals surface area contributed by atoms with Crippen LogP contribution in [0.2, 0.25) is 5.02 Å². The lowest BCUT2D eigenvalue weighted by Gasteiger charge is -2.03. The molecule has 4 aromatic heterocycles. The van der Waals surface area contributed by atoms with E-state index < -0.39 is 0 Å². The van der Waals surface area contributed by atoms with Gasteiger partial charge in [-0.25, -0.2) is 9.67 Å². The van der Waals surface area contributed by atoms with Gasteiger partial charge in [-0.1, -0.05) is 23.7 Å². The van der Waals surface area contributed by atoms with Gasteiger partial charge in [0, 0.05) is 29.5 Å². The quantitative estimate of drug-likeness (QED) is 0.507. The summed E-state index contributed by atoms with van der Waals surface area (Å²) in [6.45, 7) is 2.38. The number of aryl methyl sites for hydroxylation is 1. The predicted octanol–water partition coefficient (Wildman–Crippen LogP) is 3.08. The molecule has 0 spiro atoms. The number of aromatic nitrogens is 6. The van der Waals surface area contributed by atoms with Crippen molar-refractivity contribution in [2.75, 3.05) is 0 Å². The van der Waals surface area contributed by atoms with Crippen molar-refractivity contribution in [2.24, 2.45) is 0 Å². The van der Waals surface area contributed by atoms with Gasteiger partial charge in [-0.2, -0.15) is 10.1 Å². The van der Waals surface area contributed by atoms with Gasteiger partial charge < -0.3 is 4.52 Å². The Hall–Kier alpha value is -2.91. The van der Waals surface area contributed by atoms with Gasteiger partial charge in [-0.05, 0) is 18.6 Å². The second kappa shape index (κ2) is 7.37. The number of rotatable bonds is 5. The number of nitrogens with zero attached hydrogens (tertiary/aromatic N) is 6. The molecule has 0 saturated carbocycles. The Morgan fingerprint density at radius 2 is 2.15 bits per heavy atom. The lowest BCUT2D eigenvalue weighted by Crippen LogP contribution is -2.22. The average molecular weight is 401 g/mol. The first-order valence-electron chi connectivity index (χ1n) is 8.09. The molecule has 0 unspecified atom stereocenters. The molecule has 0 saturated heterocycles. The smallest absolute Gasteiger partial charge is 0.267 e. The zero-order valence-electron chi connectivity index (χ0n) is 14.2. The molecule has 0 aliphatic heterocycles. The zero-order valence-corrected chi connectivity index (χ0v) is 15.7. The van der Waals surface area contributed by atoms with Crippen LogP contribution in [0.25, 0.3) is 23.0 Å². The maximum Gasteiger partial charge on any atom is 0.267 e. The molecule has 0 N–H and O–H groups in total. The highest BCUT2D eigenvalue weighted by Gasteiger charge is 2.14. The van der Waals surface area contributed by atoms with Crippen LogP contribution in [0.5, 0.6) is 0 Å². The van der Waals surface area contributed by atoms with Crippen LogP contribution in [0.1, 0.15) is 16.8 Å². The Morgan fingerprint density at radius 3 is 2.93 bits per heavy atom. The molecule has 10 heteroatoms. The molecule has 4 heterocycles. The molecule has 0 aliphatic rings. The van der Waals surface area contributed by atoms with Crippen LogP contribution in [0, 0.1) is 0 Å². The molecule has 8 nitrogen and oxygen atoms in total. The second-order valence-electron chi connectivity index (χ2n) is 5.60. The molecule has 0 fully saturated rings. The van der Waals surface area contributed by atoms with E-state index in [9.17, 15) is 4.79 Å². The Kier molecular flexibility index (Phi) is 4.78. The van der Waals surface area contributed by atoms with Crippen LogP contribution in [0.15, 0.2) is 46.1 Å². The maximum atomic E-state index is 12.1. The predicted molar refractivity (Wildman–Crippen MR) is 101 cm³/mol. The highest BCUT2D eigenvalue weighted by atomic mass is 35.5. The first kappa shape index (κ1) is 17.5. The number of hydrogen-bond donors (Lipinski definition) is 0.